The van der Waals surface area contributed by atoms with Crippen molar-refractivity contribution < 1.29 is 0 Å². The summed E-state index contributed by atoms with van der Waals surface area (Å²) in [4.78, 5) is 0. The molecule has 1 heterocycles. The topological polar surface area (TPSA) is 30.9 Å². The Labute approximate surface area is 90.3 Å². The first-order valence-electron chi connectivity index (χ1n) is 5.23. The van der Waals surface area contributed by atoms with E-state index in [1.165, 1.54) is 11.1 Å². The zero-order chi connectivity index (χ0) is 10.8. The molecule has 0 aliphatic rings. The summed E-state index contributed by atoms with van der Waals surface area (Å²) in [5.41, 5.74) is 10.5. The summed E-state index contributed by atoms with van der Waals surface area (Å²) in [6.07, 6.45) is 4.10. The van der Waals surface area contributed by atoms with Crippen LogP contribution in [0.5, 0.6) is 0 Å². The van der Waals surface area contributed by atoms with E-state index in [1.54, 1.807) is 0 Å². The van der Waals surface area contributed by atoms with Crippen LogP contribution in [-0.4, -0.2) is 4.57 Å². The van der Waals surface area contributed by atoms with Gasteiger partial charge in [0.25, 0.3) is 0 Å². The predicted octanol–water partition coefficient (Wildman–Crippen LogP) is 3.07. The molecular weight excluding hydrogens is 184 g/mol. The molecule has 0 saturated carbocycles. The summed E-state index contributed by atoms with van der Waals surface area (Å²) in [6, 6.07) is 8.32. The highest BCUT2D eigenvalue weighted by Crippen LogP contribution is 2.29. The van der Waals surface area contributed by atoms with E-state index >= 15 is 0 Å². The lowest BCUT2D eigenvalue weighted by molar-refractivity contribution is 0.770. The number of anilines is 1. The van der Waals surface area contributed by atoms with E-state index in [0.29, 0.717) is 0 Å². The molecule has 0 fully saturated rings. The Hall–Kier alpha value is -1.70. The van der Waals surface area contributed by atoms with E-state index < -0.39 is 0 Å². The predicted molar refractivity (Wildman–Crippen MR) is 64.7 cm³/mol. The second kappa shape index (κ2) is 3.81. The van der Waals surface area contributed by atoms with Crippen LogP contribution < -0.4 is 5.73 Å². The van der Waals surface area contributed by atoms with Gasteiger partial charge in [-0.15, -0.1) is 0 Å². The molecule has 2 aromatic rings. The Balaban J connectivity index is 2.54. The number of nitrogen functional groups attached to an aromatic ring is 1. The van der Waals surface area contributed by atoms with Gasteiger partial charge in [0.15, 0.2) is 0 Å². The van der Waals surface area contributed by atoms with Crippen molar-refractivity contribution in [2.45, 2.75) is 20.4 Å². The zero-order valence-corrected chi connectivity index (χ0v) is 9.20. The van der Waals surface area contributed by atoms with E-state index in [2.05, 4.69) is 36.7 Å². The first-order valence-corrected chi connectivity index (χ1v) is 5.23. The van der Waals surface area contributed by atoms with Gasteiger partial charge in [-0.3, -0.25) is 0 Å². The molecule has 0 atom stereocenters. The molecule has 2 rings (SSSR count). The third-order valence-corrected chi connectivity index (χ3v) is 2.71. The SMILES string of the molecule is CCn1cc(N)c(-c2ccccc2C)c1. The molecule has 2 N–H and O–H groups in total. The highest BCUT2D eigenvalue weighted by molar-refractivity contribution is 5.78. The van der Waals surface area contributed by atoms with Gasteiger partial charge in [0.2, 0.25) is 0 Å². The summed E-state index contributed by atoms with van der Waals surface area (Å²) in [5.74, 6) is 0. The summed E-state index contributed by atoms with van der Waals surface area (Å²) in [6.45, 7) is 5.18. The van der Waals surface area contributed by atoms with Gasteiger partial charge in [-0.25, -0.2) is 0 Å². The molecule has 0 aliphatic carbocycles. The number of rotatable bonds is 2. The van der Waals surface area contributed by atoms with Crippen LogP contribution in [0.1, 0.15) is 12.5 Å². The molecule has 0 bridgehead atoms. The van der Waals surface area contributed by atoms with Crippen LogP contribution in [0.3, 0.4) is 0 Å². The van der Waals surface area contributed by atoms with Crippen molar-refractivity contribution in [2.24, 2.45) is 0 Å². The average Bonchev–Trinajstić information content (AvgIpc) is 2.60. The number of aryl methyl sites for hydroxylation is 2. The maximum Gasteiger partial charge on any atom is 0.0573 e. The summed E-state index contributed by atoms with van der Waals surface area (Å²) < 4.78 is 2.11. The van der Waals surface area contributed by atoms with Crippen LogP contribution in [-0.2, 0) is 6.54 Å². The van der Waals surface area contributed by atoms with Crippen molar-refractivity contribution in [1.29, 1.82) is 0 Å². The molecule has 15 heavy (non-hydrogen) atoms. The highest BCUT2D eigenvalue weighted by atomic mass is 14.9. The van der Waals surface area contributed by atoms with E-state index in [9.17, 15) is 0 Å². The minimum atomic E-state index is 0.853. The van der Waals surface area contributed by atoms with Crippen molar-refractivity contribution in [3.63, 3.8) is 0 Å². The minimum absolute atomic E-state index is 0.853. The summed E-state index contributed by atoms with van der Waals surface area (Å²) >= 11 is 0. The quantitative estimate of drug-likeness (QED) is 0.793. The van der Waals surface area contributed by atoms with E-state index in [4.69, 9.17) is 5.73 Å². The maximum atomic E-state index is 6.00. The van der Waals surface area contributed by atoms with Gasteiger partial charge in [-0.05, 0) is 25.0 Å². The molecule has 0 saturated heterocycles. The third kappa shape index (κ3) is 1.75. The third-order valence-electron chi connectivity index (χ3n) is 2.71. The molecular formula is C13H16N2. The maximum absolute atomic E-state index is 6.00. The first kappa shape index (κ1) is 9.84. The van der Waals surface area contributed by atoms with Gasteiger partial charge in [-0.1, -0.05) is 24.3 Å². The van der Waals surface area contributed by atoms with Crippen LogP contribution >= 0.6 is 0 Å². The monoisotopic (exact) mass is 200 g/mol. The molecule has 0 radical (unpaired) electrons. The number of aromatic nitrogens is 1. The number of hydrogen-bond acceptors (Lipinski definition) is 1. The standard InChI is InChI=1S/C13H16N2/c1-3-15-8-12(13(14)9-15)11-7-5-4-6-10(11)2/h4-9H,3,14H2,1-2H3. The van der Waals surface area contributed by atoms with Crippen molar-refractivity contribution in [3.05, 3.63) is 42.2 Å². The zero-order valence-electron chi connectivity index (χ0n) is 9.20. The van der Waals surface area contributed by atoms with E-state index in [-0.39, 0.29) is 0 Å². The van der Waals surface area contributed by atoms with Gasteiger partial charge in [0.1, 0.15) is 0 Å². The largest absolute Gasteiger partial charge is 0.397 e. The Kier molecular flexibility index (Phi) is 2.50. The number of nitrogens with zero attached hydrogens (tertiary/aromatic N) is 1. The lowest BCUT2D eigenvalue weighted by Crippen LogP contribution is -1.87. The number of hydrogen-bond donors (Lipinski definition) is 1. The second-order valence-electron chi connectivity index (χ2n) is 3.77. The van der Waals surface area contributed by atoms with Crippen molar-refractivity contribution >= 4 is 5.69 Å². The Bertz CT molecular complexity index is 469. The fourth-order valence-corrected chi connectivity index (χ4v) is 1.81. The number of benzene rings is 1. The van der Waals surface area contributed by atoms with Gasteiger partial charge >= 0.3 is 0 Å². The molecule has 0 unspecified atom stereocenters. The number of nitrogens with two attached hydrogens (primary N) is 1. The van der Waals surface area contributed by atoms with E-state index in [0.717, 1.165) is 17.8 Å². The molecule has 1 aromatic carbocycles. The smallest absolute Gasteiger partial charge is 0.0573 e. The Morgan fingerprint density at radius 3 is 2.47 bits per heavy atom. The average molecular weight is 200 g/mol. The van der Waals surface area contributed by atoms with E-state index in [1.807, 2.05) is 18.3 Å². The Morgan fingerprint density at radius 2 is 1.87 bits per heavy atom. The summed E-state index contributed by atoms with van der Waals surface area (Å²) in [5, 5.41) is 0. The normalized spacial score (nSPS) is 10.5. The van der Waals surface area contributed by atoms with Crippen LogP contribution in [0.2, 0.25) is 0 Å². The molecule has 2 nitrogen and oxygen atoms in total. The molecule has 2 heteroatoms. The van der Waals surface area contributed by atoms with Gasteiger partial charge < -0.3 is 10.3 Å². The van der Waals surface area contributed by atoms with Crippen LogP contribution in [0, 0.1) is 6.92 Å². The molecule has 0 amide bonds. The van der Waals surface area contributed by atoms with Crippen LogP contribution in [0.4, 0.5) is 5.69 Å². The van der Waals surface area contributed by atoms with Crippen molar-refractivity contribution in [1.82, 2.24) is 4.57 Å². The first-order chi connectivity index (χ1) is 7.22. The molecule has 0 aliphatic heterocycles. The van der Waals surface area contributed by atoms with Crippen LogP contribution in [0.25, 0.3) is 11.1 Å². The van der Waals surface area contributed by atoms with Gasteiger partial charge in [0, 0.05) is 24.5 Å². The van der Waals surface area contributed by atoms with Gasteiger partial charge in [0.05, 0.1) is 5.69 Å². The Morgan fingerprint density at radius 1 is 1.13 bits per heavy atom. The van der Waals surface area contributed by atoms with Crippen molar-refractivity contribution in [2.75, 3.05) is 5.73 Å². The fraction of sp³-hybridized carbons (Fsp3) is 0.231. The van der Waals surface area contributed by atoms with Crippen LogP contribution in [0.15, 0.2) is 36.7 Å². The second-order valence-corrected chi connectivity index (χ2v) is 3.77. The highest BCUT2D eigenvalue weighted by Gasteiger charge is 2.07. The minimum Gasteiger partial charge on any atom is -0.397 e. The summed E-state index contributed by atoms with van der Waals surface area (Å²) in [7, 11) is 0. The molecule has 78 valence electrons. The lowest BCUT2D eigenvalue weighted by Gasteiger charge is -2.03. The molecule has 0 spiro atoms. The van der Waals surface area contributed by atoms with Crippen molar-refractivity contribution in [3.8, 4) is 11.1 Å². The molecule has 1 aromatic heterocycles. The van der Waals surface area contributed by atoms with Gasteiger partial charge in [-0.2, -0.15) is 0 Å². The fourth-order valence-electron chi connectivity index (χ4n) is 1.81. The lowest BCUT2D eigenvalue weighted by atomic mass is 10.0.